The predicted octanol–water partition coefficient (Wildman–Crippen LogP) is 3.20. The fourth-order valence-electron chi connectivity index (χ4n) is 4.14. The van der Waals surface area contributed by atoms with Gasteiger partial charge in [-0.25, -0.2) is 9.37 Å². The van der Waals surface area contributed by atoms with Gasteiger partial charge >= 0.3 is 0 Å². The first-order valence-electron chi connectivity index (χ1n) is 8.83. The molecule has 0 atom stereocenters. The summed E-state index contributed by atoms with van der Waals surface area (Å²) in [6.07, 6.45) is 3.93. The Bertz CT molecular complexity index is 907. The van der Waals surface area contributed by atoms with Crippen LogP contribution in [0.4, 0.5) is 4.39 Å². The number of nitrogens with one attached hydrogen (secondary N) is 1. The molecule has 0 unspecified atom stereocenters. The van der Waals surface area contributed by atoms with Crippen LogP contribution in [-0.4, -0.2) is 40.8 Å². The van der Waals surface area contributed by atoms with E-state index in [0.717, 1.165) is 25.3 Å². The van der Waals surface area contributed by atoms with Gasteiger partial charge in [-0.3, -0.25) is 9.59 Å². The summed E-state index contributed by atoms with van der Waals surface area (Å²) in [5.41, 5.74) is 0.326. The first kappa shape index (κ1) is 18.0. The van der Waals surface area contributed by atoms with E-state index in [1.807, 2.05) is 4.90 Å². The first-order chi connectivity index (χ1) is 12.9. The molecule has 0 bridgehead atoms. The molecule has 8 heteroatoms. The van der Waals surface area contributed by atoms with Crippen molar-refractivity contribution < 1.29 is 18.4 Å². The summed E-state index contributed by atoms with van der Waals surface area (Å²) >= 11 is 5.74. The van der Waals surface area contributed by atoms with Gasteiger partial charge in [-0.15, -0.1) is 0 Å². The van der Waals surface area contributed by atoms with Gasteiger partial charge in [0.1, 0.15) is 10.9 Å². The van der Waals surface area contributed by atoms with E-state index in [-0.39, 0.29) is 28.2 Å². The van der Waals surface area contributed by atoms with Gasteiger partial charge in [0.15, 0.2) is 11.5 Å². The lowest BCUT2D eigenvalue weighted by Gasteiger charge is -2.45. The van der Waals surface area contributed by atoms with Crippen LogP contribution in [0.1, 0.15) is 45.9 Å². The van der Waals surface area contributed by atoms with Gasteiger partial charge in [-0.05, 0) is 49.8 Å². The summed E-state index contributed by atoms with van der Waals surface area (Å²) in [4.78, 5) is 30.4. The second kappa shape index (κ2) is 6.64. The van der Waals surface area contributed by atoms with Crippen molar-refractivity contribution in [3.05, 3.63) is 52.5 Å². The maximum atomic E-state index is 13.8. The summed E-state index contributed by atoms with van der Waals surface area (Å²) in [5.74, 6) is -0.652. The smallest absolute Gasteiger partial charge is 0.273 e. The average molecular weight is 392 g/mol. The van der Waals surface area contributed by atoms with E-state index in [0.29, 0.717) is 24.4 Å². The van der Waals surface area contributed by atoms with Crippen molar-refractivity contribution in [3.63, 3.8) is 0 Å². The van der Waals surface area contributed by atoms with E-state index < -0.39 is 11.7 Å². The second-order valence-corrected chi connectivity index (χ2v) is 7.80. The van der Waals surface area contributed by atoms with Crippen LogP contribution in [0.25, 0.3) is 0 Å². The van der Waals surface area contributed by atoms with Crippen LogP contribution < -0.4 is 5.32 Å². The number of likely N-dealkylation sites (tertiary alicyclic amines) is 1. The number of aryl methyl sites for hydroxylation is 1. The zero-order valence-electron chi connectivity index (χ0n) is 14.8. The normalized spacial score (nSPS) is 24.1. The number of carbonyl (C=O) groups is 2. The summed E-state index contributed by atoms with van der Waals surface area (Å²) in [6.45, 7) is 3.12. The third-order valence-corrected chi connectivity index (χ3v) is 5.75. The van der Waals surface area contributed by atoms with E-state index in [1.165, 1.54) is 12.3 Å². The number of amides is 2. The maximum Gasteiger partial charge on any atom is 0.273 e. The van der Waals surface area contributed by atoms with E-state index in [9.17, 15) is 14.0 Å². The van der Waals surface area contributed by atoms with Gasteiger partial charge in [-0.2, -0.15) is 0 Å². The van der Waals surface area contributed by atoms with E-state index in [2.05, 4.69) is 10.3 Å². The second-order valence-electron chi connectivity index (χ2n) is 7.41. The number of carbonyl (C=O) groups excluding carboxylic acids is 2. The van der Waals surface area contributed by atoms with Gasteiger partial charge in [-0.1, -0.05) is 11.6 Å². The highest BCUT2D eigenvalue weighted by Gasteiger charge is 2.50. The number of halogens is 2. The van der Waals surface area contributed by atoms with Crippen molar-refractivity contribution in [3.8, 4) is 0 Å². The van der Waals surface area contributed by atoms with Crippen LogP contribution in [-0.2, 0) is 0 Å². The molecule has 1 saturated carbocycles. The Morgan fingerprint density at radius 2 is 2.15 bits per heavy atom. The van der Waals surface area contributed by atoms with Gasteiger partial charge in [0.2, 0.25) is 0 Å². The lowest BCUT2D eigenvalue weighted by molar-refractivity contribution is 0.0605. The van der Waals surface area contributed by atoms with Gasteiger partial charge in [0.05, 0.1) is 11.8 Å². The topological polar surface area (TPSA) is 75.4 Å². The molecule has 27 heavy (non-hydrogen) atoms. The summed E-state index contributed by atoms with van der Waals surface area (Å²) in [7, 11) is 0. The Hall–Kier alpha value is -2.41. The molecule has 2 fully saturated rings. The molecule has 2 amide bonds. The largest absolute Gasteiger partial charge is 0.469 e. The molecule has 1 saturated heterocycles. The third kappa shape index (κ3) is 3.32. The van der Waals surface area contributed by atoms with Gasteiger partial charge in [0.25, 0.3) is 11.8 Å². The van der Waals surface area contributed by atoms with E-state index in [4.69, 9.17) is 16.0 Å². The van der Waals surface area contributed by atoms with Crippen LogP contribution >= 0.6 is 11.6 Å². The number of furan rings is 1. The molecular formula is C19H19ClFN3O3. The highest BCUT2D eigenvalue weighted by atomic mass is 35.5. The molecule has 4 rings (SSSR count). The molecular weight excluding hydrogens is 373 g/mol. The monoisotopic (exact) mass is 391 g/mol. The van der Waals surface area contributed by atoms with Crippen LogP contribution in [0.5, 0.6) is 0 Å². The Morgan fingerprint density at radius 3 is 2.85 bits per heavy atom. The molecule has 1 aliphatic carbocycles. The minimum atomic E-state index is -0.695. The van der Waals surface area contributed by atoms with Crippen molar-refractivity contribution in [1.82, 2.24) is 15.2 Å². The Labute approximate surface area is 160 Å². The molecule has 2 aromatic rings. The standard InChI is InChI=1S/C19H19ClFN3O3/c1-11-13(4-7-27-11)18(26)24-6-5-19(10-24)8-12(9-19)22-17(25)16-14(21)2-3-15(20)23-16/h2-4,7,12H,5-6,8-10H2,1H3,(H,22,25). The molecule has 1 N–H and O–H groups in total. The quantitative estimate of drug-likeness (QED) is 0.815. The number of pyridine rings is 1. The number of rotatable bonds is 3. The molecule has 142 valence electrons. The summed E-state index contributed by atoms with van der Waals surface area (Å²) in [5, 5.41) is 2.89. The zero-order chi connectivity index (χ0) is 19.2. The van der Waals surface area contributed by atoms with E-state index in [1.54, 1.807) is 13.0 Å². The van der Waals surface area contributed by atoms with Crippen molar-refractivity contribution in [2.75, 3.05) is 13.1 Å². The Balaban J connectivity index is 1.34. The maximum absolute atomic E-state index is 13.8. The predicted molar refractivity (Wildman–Crippen MR) is 96.1 cm³/mol. The van der Waals surface area contributed by atoms with Crippen molar-refractivity contribution in [1.29, 1.82) is 0 Å². The molecule has 1 aliphatic heterocycles. The fraction of sp³-hybridized carbons (Fsp3) is 0.421. The van der Waals surface area contributed by atoms with Crippen LogP contribution in [0.15, 0.2) is 28.9 Å². The lowest BCUT2D eigenvalue weighted by Crippen LogP contribution is -2.52. The number of hydrogen-bond acceptors (Lipinski definition) is 4. The minimum absolute atomic E-state index is 0.0178. The minimum Gasteiger partial charge on any atom is -0.469 e. The molecule has 0 aromatic carbocycles. The third-order valence-electron chi connectivity index (χ3n) is 5.54. The van der Waals surface area contributed by atoms with Crippen molar-refractivity contribution in [2.24, 2.45) is 5.41 Å². The molecule has 0 radical (unpaired) electrons. The van der Waals surface area contributed by atoms with E-state index >= 15 is 0 Å². The number of aromatic nitrogens is 1. The number of nitrogens with zero attached hydrogens (tertiary/aromatic N) is 2. The van der Waals surface area contributed by atoms with Crippen LogP contribution in [0.3, 0.4) is 0 Å². The molecule has 1 spiro atoms. The average Bonchev–Trinajstić information content (AvgIpc) is 3.23. The molecule has 3 heterocycles. The lowest BCUT2D eigenvalue weighted by atomic mass is 9.65. The Morgan fingerprint density at radius 1 is 1.37 bits per heavy atom. The zero-order valence-corrected chi connectivity index (χ0v) is 15.6. The SMILES string of the molecule is Cc1occc1C(=O)N1CCC2(CC(NC(=O)c3nc(Cl)ccc3F)C2)C1. The molecule has 2 aromatic heterocycles. The highest BCUT2D eigenvalue weighted by molar-refractivity contribution is 6.29. The van der Waals surface area contributed by atoms with Crippen LogP contribution in [0.2, 0.25) is 5.15 Å². The van der Waals surface area contributed by atoms with Crippen molar-refractivity contribution in [2.45, 2.75) is 32.2 Å². The van der Waals surface area contributed by atoms with Crippen molar-refractivity contribution >= 4 is 23.4 Å². The van der Waals surface area contributed by atoms with Crippen LogP contribution in [0, 0.1) is 18.2 Å². The molecule has 2 aliphatic rings. The number of hydrogen-bond donors (Lipinski definition) is 1. The fourth-order valence-corrected chi connectivity index (χ4v) is 4.29. The summed E-state index contributed by atoms with van der Waals surface area (Å²) in [6, 6.07) is 4.07. The highest BCUT2D eigenvalue weighted by Crippen LogP contribution is 2.48. The molecule has 6 nitrogen and oxygen atoms in total. The first-order valence-corrected chi connectivity index (χ1v) is 9.21. The Kier molecular flexibility index (Phi) is 4.42. The summed E-state index contributed by atoms with van der Waals surface area (Å²) < 4.78 is 19.0. The van der Waals surface area contributed by atoms with Gasteiger partial charge in [0, 0.05) is 19.1 Å². The van der Waals surface area contributed by atoms with Gasteiger partial charge < -0.3 is 14.6 Å².